The van der Waals surface area contributed by atoms with E-state index in [0.717, 1.165) is 16.3 Å². The first-order valence-corrected chi connectivity index (χ1v) is 4.75. The maximum absolute atomic E-state index is 5.38. The molecule has 0 unspecified atom stereocenters. The first-order valence-electron chi connectivity index (χ1n) is 3.87. The molecule has 2 aromatic rings. The lowest BCUT2D eigenvalue weighted by atomic mass is 10.2. The van der Waals surface area contributed by atoms with E-state index in [-0.39, 0.29) is 0 Å². The number of nitrogens with two attached hydrogens (primary N) is 1. The Morgan fingerprint density at radius 1 is 1.31 bits per heavy atom. The summed E-state index contributed by atoms with van der Waals surface area (Å²) >= 11 is 1.60. The third kappa shape index (κ3) is 1.54. The summed E-state index contributed by atoms with van der Waals surface area (Å²) in [7, 11) is 0. The van der Waals surface area contributed by atoms with E-state index in [1.54, 1.807) is 17.5 Å². The fraction of sp³-hybridized carbons (Fsp3) is 0. The second-order valence-corrected chi connectivity index (χ2v) is 3.42. The number of nitrogen functional groups attached to an aromatic ring is 1. The van der Waals surface area contributed by atoms with Crippen molar-refractivity contribution in [3.63, 3.8) is 0 Å². The van der Waals surface area contributed by atoms with E-state index in [1.165, 1.54) is 0 Å². The van der Waals surface area contributed by atoms with Crippen molar-refractivity contribution in [2.24, 2.45) is 5.84 Å². The smallest absolute Gasteiger partial charge is 0.125 e. The molecule has 66 valence electrons. The Morgan fingerprint density at radius 2 is 2.15 bits per heavy atom. The Bertz CT molecular complexity index is 384. The molecule has 0 aliphatic rings. The van der Waals surface area contributed by atoms with Gasteiger partial charge in [-0.3, -0.25) is 5.84 Å². The van der Waals surface area contributed by atoms with Crippen molar-refractivity contribution < 1.29 is 0 Å². The molecule has 0 spiro atoms. The molecule has 3 N–H and O–H groups in total. The number of nitrogens with one attached hydrogen (secondary N) is 1. The van der Waals surface area contributed by atoms with Gasteiger partial charge in [0, 0.05) is 17.1 Å². The van der Waals surface area contributed by atoms with Crippen LogP contribution in [0.15, 0.2) is 35.8 Å². The van der Waals surface area contributed by atoms with Crippen LogP contribution in [0.25, 0.3) is 10.6 Å². The van der Waals surface area contributed by atoms with E-state index >= 15 is 0 Å². The predicted octanol–water partition coefficient (Wildman–Crippen LogP) is 2.10. The quantitative estimate of drug-likeness (QED) is 0.564. The van der Waals surface area contributed by atoms with Crippen LogP contribution in [0.5, 0.6) is 0 Å². The summed E-state index contributed by atoms with van der Waals surface area (Å²) in [6.07, 6.45) is 1.79. The van der Waals surface area contributed by atoms with Crippen molar-refractivity contribution in [2.75, 3.05) is 5.43 Å². The third-order valence-corrected chi connectivity index (χ3v) is 2.55. The SMILES string of the molecule is NNc1ccccc1-c1nccs1. The normalized spacial score (nSPS) is 9.92. The lowest BCUT2D eigenvalue weighted by molar-refractivity contribution is 1.34. The van der Waals surface area contributed by atoms with E-state index < -0.39 is 0 Å². The highest BCUT2D eigenvalue weighted by Crippen LogP contribution is 2.28. The standard InChI is InChI=1S/C9H9N3S/c10-12-8-4-2-1-3-7(8)9-11-5-6-13-9/h1-6,12H,10H2. The largest absolute Gasteiger partial charge is 0.323 e. The number of hydrazine groups is 1. The highest BCUT2D eigenvalue weighted by molar-refractivity contribution is 7.13. The molecule has 1 aromatic carbocycles. The number of anilines is 1. The molecule has 0 amide bonds. The summed E-state index contributed by atoms with van der Waals surface area (Å²) in [5.41, 5.74) is 4.59. The predicted molar refractivity (Wildman–Crippen MR) is 55.4 cm³/mol. The molecule has 0 saturated heterocycles. The molecule has 2 rings (SSSR count). The molecule has 3 nitrogen and oxygen atoms in total. The highest BCUT2D eigenvalue weighted by Gasteiger charge is 2.04. The van der Waals surface area contributed by atoms with E-state index in [4.69, 9.17) is 5.84 Å². The fourth-order valence-corrected chi connectivity index (χ4v) is 1.83. The molecule has 1 aromatic heterocycles. The number of para-hydroxylation sites is 1. The molecule has 0 aliphatic carbocycles. The van der Waals surface area contributed by atoms with Gasteiger partial charge in [-0.05, 0) is 12.1 Å². The maximum atomic E-state index is 5.38. The van der Waals surface area contributed by atoms with E-state index in [9.17, 15) is 0 Å². The average molecular weight is 191 g/mol. The van der Waals surface area contributed by atoms with Crippen molar-refractivity contribution in [3.8, 4) is 10.6 Å². The molecule has 13 heavy (non-hydrogen) atoms. The highest BCUT2D eigenvalue weighted by atomic mass is 32.1. The number of nitrogens with zero attached hydrogens (tertiary/aromatic N) is 1. The van der Waals surface area contributed by atoms with Crippen molar-refractivity contribution in [1.82, 2.24) is 4.98 Å². The molecule has 0 fully saturated rings. The lowest BCUT2D eigenvalue weighted by Gasteiger charge is -2.04. The van der Waals surface area contributed by atoms with Crippen molar-refractivity contribution in [1.29, 1.82) is 0 Å². The van der Waals surface area contributed by atoms with Crippen LogP contribution in [0.3, 0.4) is 0 Å². The molecular weight excluding hydrogens is 182 g/mol. The molecule has 1 heterocycles. The van der Waals surface area contributed by atoms with Crippen molar-refractivity contribution in [3.05, 3.63) is 35.8 Å². The van der Waals surface area contributed by atoms with Gasteiger partial charge in [-0.2, -0.15) is 0 Å². The Labute approximate surface area is 80.2 Å². The van der Waals surface area contributed by atoms with Crippen molar-refractivity contribution >= 4 is 17.0 Å². The summed E-state index contributed by atoms with van der Waals surface area (Å²) in [5.74, 6) is 5.38. The van der Waals surface area contributed by atoms with E-state index in [2.05, 4.69) is 10.4 Å². The Morgan fingerprint density at radius 3 is 2.85 bits per heavy atom. The molecule has 0 bridgehead atoms. The second-order valence-electron chi connectivity index (χ2n) is 2.53. The third-order valence-electron chi connectivity index (χ3n) is 1.75. The van der Waals surface area contributed by atoms with Crippen molar-refractivity contribution in [2.45, 2.75) is 0 Å². The summed E-state index contributed by atoms with van der Waals surface area (Å²) in [6.45, 7) is 0. The van der Waals surface area contributed by atoms with Gasteiger partial charge in [0.1, 0.15) is 5.01 Å². The molecular formula is C9H9N3S. The van der Waals surface area contributed by atoms with Gasteiger partial charge in [0.15, 0.2) is 0 Å². The molecule has 0 radical (unpaired) electrons. The van der Waals surface area contributed by atoms with Crippen LogP contribution in [-0.2, 0) is 0 Å². The minimum absolute atomic E-state index is 0.900. The molecule has 0 aliphatic heterocycles. The van der Waals surface area contributed by atoms with E-state index in [1.807, 2.05) is 29.6 Å². The number of thiazole rings is 1. The molecule has 4 heteroatoms. The second kappa shape index (κ2) is 3.55. The lowest BCUT2D eigenvalue weighted by Crippen LogP contribution is -2.07. The topological polar surface area (TPSA) is 50.9 Å². The van der Waals surface area contributed by atoms with Gasteiger partial charge >= 0.3 is 0 Å². The zero-order valence-corrected chi connectivity index (χ0v) is 7.71. The zero-order valence-electron chi connectivity index (χ0n) is 6.90. The van der Waals surface area contributed by atoms with Crippen LogP contribution in [-0.4, -0.2) is 4.98 Å². The van der Waals surface area contributed by atoms with Gasteiger partial charge in [-0.1, -0.05) is 12.1 Å². The maximum Gasteiger partial charge on any atom is 0.125 e. The monoisotopic (exact) mass is 191 g/mol. The van der Waals surface area contributed by atoms with E-state index in [0.29, 0.717) is 0 Å². The van der Waals surface area contributed by atoms with Gasteiger partial charge in [0.25, 0.3) is 0 Å². The Kier molecular flexibility index (Phi) is 2.25. The van der Waals surface area contributed by atoms with Crippen LogP contribution < -0.4 is 11.3 Å². The summed E-state index contributed by atoms with van der Waals surface area (Å²) in [5, 5.41) is 2.93. The van der Waals surface area contributed by atoms with Gasteiger partial charge in [0.05, 0.1) is 5.69 Å². The summed E-state index contributed by atoms with van der Waals surface area (Å²) in [6, 6.07) is 7.83. The average Bonchev–Trinajstić information content (AvgIpc) is 2.70. The zero-order chi connectivity index (χ0) is 9.10. The fourth-order valence-electron chi connectivity index (χ4n) is 1.15. The van der Waals surface area contributed by atoms with Gasteiger partial charge in [-0.25, -0.2) is 4.98 Å². The van der Waals surface area contributed by atoms with Crippen LogP contribution in [0.2, 0.25) is 0 Å². The van der Waals surface area contributed by atoms with Crippen LogP contribution in [0.1, 0.15) is 0 Å². The minimum Gasteiger partial charge on any atom is -0.323 e. The number of benzene rings is 1. The Hall–Kier alpha value is -1.39. The summed E-state index contributed by atoms with van der Waals surface area (Å²) in [4.78, 5) is 4.22. The van der Waals surface area contributed by atoms with Gasteiger partial charge in [0.2, 0.25) is 0 Å². The van der Waals surface area contributed by atoms with Gasteiger partial charge in [-0.15, -0.1) is 11.3 Å². The number of hydrogen-bond donors (Lipinski definition) is 2. The Balaban J connectivity index is 2.51. The number of aromatic nitrogens is 1. The number of hydrogen-bond acceptors (Lipinski definition) is 4. The van der Waals surface area contributed by atoms with Crippen LogP contribution in [0, 0.1) is 0 Å². The van der Waals surface area contributed by atoms with Crippen LogP contribution in [0.4, 0.5) is 5.69 Å². The number of rotatable bonds is 2. The van der Waals surface area contributed by atoms with Gasteiger partial charge < -0.3 is 5.43 Å². The first kappa shape index (κ1) is 8.22. The minimum atomic E-state index is 0.900. The molecule has 0 saturated carbocycles. The first-order chi connectivity index (χ1) is 6.42. The van der Waals surface area contributed by atoms with Crippen LogP contribution >= 0.6 is 11.3 Å². The summed E-state index contributed by atoms with van der Waals surface area (Å²) < 4.78 is 0. The molecule has 0 atom stereocenters.